The van der Waals surface area contributed by atoms with Crippen molar-refractivity contribution in [3.8, 4) is 0 Å². The second kappa shape index (κ2) is 4.37. The van der Waals surface area contributed by atoms with Crippen molar-refractivity contribution in [2.75, 3.05) is 18.5 Å². The maximum Gasteiger partial charge on any atom is 0.247 e. The fourth-order valence-electron chi connectivity index (χ4n) is 1.49. The van der Waals surface area contributed by atoms with Gasteiger partial charge in [-0.1, -0.05) is 11.6 Å². The average Bonchev–Trinajstić information content (AvgIpc) is 2.70. The highest BCUT2D eigenvalue weighted by Gasteiger charge is 2.38. The molecular weight excluding hydrogens is 230 g/mol. The molecule has 1 fully saturated rings. The van der Waals surface area contributed by atoms with Crippen LogP contribution in [0.2, 0.25) is 5.15 Å². The molecule has 0 saturated carbocycles. The first-order valence-electron chi connectivity index (χ1n) is 4.90. The first-order chi connectivity index (χ1) is 7.62. The minimum Gasteiger partial charge on any atom is -0.379 e. The number of nitrogens with two attached hydrogens (primary N) is 1. The molecule has 2 heterocycles. The summed E-state index contributed by atoms with van der Waals surface area (Å²) in [6, 6.07) is 3.36. The Balaban J connectivity index is 2.10. The largest absolute Gasteiger partial charge is 0.379 e. The smallest absolute Gasteiger partial charge is 0.247 e. The third kappa shape index (κ3) is 2.16. The standard InChI is InChI=1S/C10H12ClN3O2/c11-8-7(2-1-4-13-8)14-9(15)10(12)3-5-16-6-10/h1-2,4H,3,5-6,12H2,(H,14,15). The first-order valence-corrected chi connectivity index (χ1v) is 5.28. The fraction of sp³-hybridized carbons (Fsp3) is 0.400. The second-order valence-corrected chi connectivity index (χ2v) is 4.11. The molecule has 1 aliphatic heterocycles. The summed E-state index contributed by atoms with van der Waals surface area (Å²) in [4.78, 5) is 15.7. The zero-order valence-corrected chi connectivity index (χ0v) is 9.33. The summed E-state index contributed by atoms with van der Waals surface area (Å²) in [6.07, 6.45) is 2.06. The van der Waals surface area contributed by atoms with Gasteiger partial charge in [0.2, 0.25) is 5.91 Å². The molecule has 3 N–H and O–H groups in total. The SMILES string of the molecule is NC1(C(=O)Nc2cccnc2Cl)CCOC1. The molecule has 1 amide bonds. The number of halogens is 1. The van der Waals surface area contributed by atoms with E-state index >= 15 is 0 Å². The van der Waals surface area contributed by atoms with Crippen LogP contribution in [-0.4, -0.2) is 29.6 Å². The van der Waals surface area contributed by atoms with E-state index in [0.29, 0.717) is 18.7 Å². The van der Waals surface area contributed by atoms with Gasteiger partial charge < -0.3 is 15.8 Å². The summed E-state index contributed by atoms with van der Waals surface area (Å²) in [7, 11) is 0. The number of ether oxygens (including phenoxy) is 1. The van der Waals surface area contributed by atoms with Gasteiger partial charge in [0.1, 0.15) is 5.54 Å². The van der Waals surface area contributed by atoms with Crippen LogP contribution in [0.25, 0.3) is 0 Å². The number of carbonyl (C=O) groups is 1. The Bertz CT molecular complexity index is 405. The third-order valence-corrected chi connectivity index (χ3v) is 2.81. The van der Waals surface area contributed by atoms with Crippen molar-refractivity contribution in [2.24, 2.45) is 5.73 Å². The molecule has 0 radical (unpaired) electrons. The van der Waals surface area contributed by atoms with E-state index in [9.17, 15) is 4.79 Å². The van der Waals surface area contributed by atoms with Crippen LogP contribution in [0.4, 0.5) is 5.69 Å². The van der Waals surface area contributed by atoms with Crippen molar-refractivity contribution in [3.63, 3.8) is 0 Å². The van der Waals surface area contributed by atoms with Crippen LogP contribution in [0.15, 0.2) is 18.3 Å². The zero-order chi connectivity index (χ0) is 11.6. The molecule has 2 rings (SSSR count). The molecule has 5 nitrogen and oxygen atoms in total. The summed E-state index contributed by atoms with van der Waals surface area (Å²) in [5.41, 5.74) is 5.40. The molecule has 86 valence electrons. The van der Waals surface area contributed by atoms with E-state index in [2.05, 4.69) is 10.3 Å². The Labute approximate surface area is 97.9 Å². The molecule has 0 bridgehead atoms. The van der Waals surface area contributed by atoms with Gasteiger partial charge in [-0.2, -0.15) is 0 Å². The number of rotatable bonds is 2. The number of anilines is 1. The van der Waals surface area contributed by atoms with Gasteiger partial charge >= 0.3 is 0 Å². The number of hydrogen-bond acceptors (Lipinski definition) is 4. The van der Waals surface area contributed by atoms with Crippen molar-refractivity contribution in [3.05, 3.63) is 23.5 Å². The number of hydrogen-bond donors (Lipinski definition) is 2. The Hall–Kier alpha value is -1.17. The number of pyridine rings is 1. The molecule has 1 unspecified atom stereocenters. The highest BCUT2D eigenvalue weighted by atomic mass is 35.5. The monoisotopic (exact) mass is 241 g/mol. The van der Waals surface area contributed by atoms with Gasteiger partial charge in [0.25, 0.3) is 0 Å². The van der Waals surface area contributed by atoms with Crippen molar-refractivity contribution in [2.45, 2.75) is 12.0 Å². The van der Waals surface area contributed by atoms with E-state index in [1.807, 2.05) is 0 Å². The summed E-state index contributed by atoms with van der Waals surface area (Å²) >= 11 is 5.82. The number of aromatic nitrogens is 1. The summed E-state index contributed by atoms with van der Waals surface area (Å²) in [6.45, 7) is 0.738. The fourth-order valence-corrected chi connectivity index (χ4v) is 1.65. The predicted molar refractivity (Wildman–Crippen MR) is 60.2 cm³/mol. The van der Waals surface area contributed by atoms with E-state index in [1.54, 1.807) is 18.3 Å². The minimum atomic E-state index is -0.959. The predicted octanol–water partition coefficient (Wildman–Crippen LogP) is 0.791. The third-order valence-electron chi connectivity index (χ3n) is 2.51. The lowest BCUT2D eigenvalue weighted by Gasteiger charge is -2.20. The number of nitrogens with one attached hydrogen (secondary N) is 1. The molecule has 1 aliphatic rings. The Morgan fingerprint density at radius 2 is 2.50 bits per heavy atom. The van der Waals surface area contributed by atoms with Crippen LogP contribution in [0.1, 0.15) is 6.42 Å². The Morgan fingerprint density at radius 1 is 1.69 bits per heavy atom. The number of amides is 1. The topological polar surface area (TPSA) is 77.2 Å². The van der Waals surface area contributed by atoms with E-state index < -0.39 is 5.54 Å². The molecule has 1 aromatic rings. The average molecular weight is 242 g/mol. The van der Waals surface area contributed by atoms with Gasteiger partial charge in [-0.15, -0.1) is 0 Å². The van der Waals surface area contributed by atoms with Crippen LogP contribution >= 0.6 is 11.6 Å². The molecule has 6 heteroatoms. The highest BCUT2D eigenvalue weighted by molar-refractivity contribution is 6.32. The quantitative estimate of drug-likeness (QED) is 0.751. The Morgan fingerprint density at radius 3 is 3.12 bits per heavy atom. The maximum absolute atomic E-state index is 11.9. The van der Waals surface area contributed by atoms with E-state index in [4.69, 9.17) is 22.1 Å². The summed E-state index contributed by atoms with van der Waals surface area (Å²) in [5.74, 6) is -0.292. The van der Waals surface area contributed by atoms with Gasteiger partial charge in [-0.05, 0) is 18.6 Å². The Kier molecular flexibility index (Phi) is 3.09. The van der Waals surface area contributed by atoms with E-state index in [0.717, 1.165) is 0 Å². The molecule has 1 saturated heterocycles. The molecule has 0 aromatic carbocycles. The normalized spacial score (nSPS) is 24.4. The van der Waals surface area contributed by atoms with Crippen LogP contribution in [-0.2, 0) is 9.53 Å². The van der Waals surface area contributed by atoms with E-state index in [-0.39, 0.29) is 17.7 Å². The molecular formula is C10H12ClN3O2. The van der Waals surface area contributed by atoms with Gasteiger partial charge in [0, 0.05) is 12.8 Å². The number of nitrogens with zero attached hydrogens (tertiary/aromatic N) is 1. The van der Waals surface area contributed by atoms with Crippen LogP contribution < -0.4 is 11.1 Å². The highest BCUT2D eigenvalue weighted by Crippen LogP contribution is 2.21. The summed E-state index contributed by atoms with van der Waals surface area (Å²) in [5, 5.41) is 2.90. The molecule has 16 heavy (non-hydrogen) atoms. The lowest BCUT2D eigenvalue weighted by Crippen LogP contribution is -2.51. The molecule has 0 aliphatic carbocycles. The minimum absolute atomic E-state index is 0.233. The zero-order valence-electron chi connectivity index (χ0n) is 8.57. The van der Waals surface area contributed by atoms with Gasteiger partial charge in [-0.25, -0.2) is 4.98 Å². The second-order valence-electron chi connectivity index (χ2n) is 3.75. The van der Waals surface area contributed by atoms with E-state index in [1.165, 1.54) is 0 Å². The van der Waals surface area contributed by atoms with Gasteiger partial charge in [0.15, 0.2) is 5.15 Å². The van der Waals surface area contributed by atoms with Crippen LogP contribution in [0.3, 0.4) is 0 Å². The van der Waals surface area contributed by atoms with Crippen LogP contribution in [0.5, 0.6) is 0 Å². The van der Waals surface area contributed by atoms with Crippen molar-refractivity contribution < 1.29 is 9.53 Å². The molecule has 1 atom stereocenters. The van der Waals surface area contributed by atoms with Crippen molar-refractivity contribution in [1.82, 2.24) is 4.98 Å². The first kappa shape index (κ1) is 11.3. The van der Waals surface area contributed by atoms with Gasteiger partial charge in [0.05, 0.1) is 12.3 Å². The summed E-state index contributed by atoms with van der Waals surface area (Å²) < 4.78 is 5.11. The van der Waals surface area contributed by atoms with Gasteiger partial charge in [-0.3, -0.25) is 4.79 Å². The molecule has 1 aromatic heterocycles. The number of carbonyl (C=O) groups excluding carboxylic acids is 1. The van der Waals surface area contributed by atoms with Crippen molar-refractivity contribution in [1.29, 1.82) is 0 Å². The lowest BCUT2D eigenvalue weighted by molar-refractivity contribution is -0.121. The molecule has 0 spiro atoms. The van der Waals surface area contributed by atoms with Crippen molar-refractivity contribution >= 4 is 23.2 Å². The lowest BCUT2D eigenvalue weighted by atomic mass is 9.99. The maximum atomic E-state index is 11.9. The van der Waals surface area contributed by atoms with Crippen LogP contribution in [0, 0.1) is 0 Å².